The average molecular weight is 251 g/mol. The highest BCUT2D eigenvalue weighted by molar-refractivity contribution is 5.80. The Balaban J connectivity index is 1.83. The molecular formula is C11H17N5O2. The number of carbonyl (C=O) groups excluding carboxylic acids is 2. The van der Waals surface area contributed by atoms with E-state index in [1.165, 1.54) is 13.3 Å². The second kappa shape index (κ2) is 5.61. The number of likely N-dealkylation sites (tertiary alicyclic amines) is 1. The Morgan fingerprint density at radius 1 is 1.61 bits per heavy atom. The lowest BCUT2D eigenvalue weighted by molar-refractivity contribution is -0.134. The van der Waals surface area contributed by atoms with Gasteiger partial charge in [-0.2, -0.15) is 5.10 Å². The fourth-order valence-electron chi connectivity index (χ4n) is 2.11. The molecule has 2 N–H and O–H groups in total. The summed E-state index contributed by atoms with van der Waals surface area (Å²) in [6, 6.07) is 0. The lowest BCUT2D eigenvalue weighted by atomic mass is 9.97. The molecule has 1 unspecified atom stereocenters. The van der Waals surface area contributed by atoms with E-state index in [1.807, 2.05) is 0 Å². The van der Waals surface area contributed by atoms with Gasteiger partial charge in [0.25, 0.3) is 0 Å². The van der Waals surface area contributed by atoms with Crippen LogP contribution in [0.1, 0.15) is 25.6 Å². The molecule has 0 saturated carbocycles. The summed E-state index contributed by atoms with van der Waals surface area (Å²) >= 11 is 0. The molecule has 0 aliphatic carbocycles. The summed E-state index contributed by atoms with van der Waals surface area (Å²) in [6.45, 7) is 3.14. The van der Waals surface area contributed by atoms with Gasteiger partial charge >= 0.3 is 0 Å². The van der Waals surface area contributed by atoms with Gasteiger partial charge in [0, 0.05) is 20.0 Å². The molecule has 1 aliphatic heterocycles. The van der Waals surface area contributed by atoms with Crippen molar-refractivity contribution in [3.05, 3.63) is 12.2 Å². The number of aromatic amines is 1. The zero-order valence-corrected chi connectivity index (χ0v) is 10.3. The SMILES string of the molecule is CC(=O)N1CCCC(C(=O)NCc2ncn[nH]2)C1. The zero-order valence-electron chi connectivity index (χ0n) is 10.3. The lowest BCUT2D eigenvalue weighted by Crippen LogP contribution is -2.44. The van der Waals surface area contributed by atoms with Crippen LogP contribution in [0.5, 0.6) is 0 Å². The molecule has 18 heavy (non-hydrogen) atoms. The van der Waals surface area contributed by atoms with Crippen molar-refractivity contribution in [3.8, 4) is 0 Å². The number of aromatic nitrogens is 3. The Morgan fingerprint density at radius 3 is 3.11 bits per heavy atom. The summed E-state index contributed by atoms with van der Waals surface area (Å²) in [4.78, 5) is 28.9. The molecular weight excluding hydrogens is 234 g/mol. The van der Waals surface area contributed by atoms with Gasteiger partial charge in [0.1, 0.15) is 12.2 Å². The van der Waals surface area contributed by atoms with Crippen molar-refractivity contribution in [2.75, 3.05) is 13.1 Å². The van der Waals surface area contributed by atoms with E-state index in [2.05, 4.69) is 20.5 Å². The highest BCUT2D eigenvalue weighted by atomic mass is 16.2. The first-order chi connectivity index (χ1) is 8.66. The van der Waals surface area contributed by atoms with E-state index in [-0.39, 0.29) is 17.7 Å². The fraction of sp³-hybridized carbons (Fsp3) is 0.636. The molecule has 98 valence electrons. The van der Waals surface area contributed by atoms with Crippen LogP contribution in [0.4, 0.5) is 0 Å². The third-order valence-electron chi connectivity index (χ3n) is 3.13. The Hall–Kier alpha value is -1.92. The van der Waals surface area contributed by atoms with E-state index in [1.54, 1.807) is 4.90 Å². The summed E-state index contributed by atoms with van der Waals surface area (Å²) in [6.07, 6.45) is 3.10. The first kappa shape index (κ1) is 12.5. The third-order valence-corrected chi connectivity index (χ3v) is 3.13. The number of hydrogen-bond acceptors (Lipinski definition) is 4. The van der Waals surface area contributed by atoms with Crippen molar-refractivity contribution in [1.29, 1.82) is 0 Å². The van der Waals surface area contributed by atoms with Crippen LogP contribution in [0, 0.1) is 5.92 Å². The van der Waals surface area contributed by atoms with Crippen molar-refractivity contribution >= 4 is 11.8 Å². The van der Waals surface area contributed by atoms with Crippen molar-refractivity contribution in [2.24, 2.45) is 5.92 Å². The molecule has 1 saturated heterocycles. The van der Waals surface area contributed by atoms with Gasteiger partial charge in [-0.3, -0.25) is 14.7 Å². The monoisotopic (exact) mass is 251 g/mol. The molecule has 1 aromatic rings. The lowest BCUT2D eigenvalue weighted by Gasteiger charge is -2.31. The number of H-pyrrole nitrogens is 1. The van der Waals surface area contributed by atoms with Gasteiger partial charge in [0.2, 0.25) is 11.8 Å². The van der Waals surface area contributed by atoms with Gasteiger partial charge in [-0.1, -0.05) is 0 Å². The van der Waals surface area contributed by atoms with Gasteiger partial charge < -0.3 is 10.2 Å². The second-order valence-electron chi connectivity index (χ2n) is 4.45. The molecule has 1 fully saturated rings. The molecule has 0 bridgehead atoms. The number of hydrogen-bond donors (Lipinski definition) is 2. The molecule has 1 atom stereocenters. The van der Waals surface area contributed by atoms with E-state index in [0.29, 0.717) is 18.9 Å². The van der Waals surface area contributed by atoms with Crippen LogP contribution in [0.15, 0.2) is 6.33 Å². The van der Waals surface area contributed by atoms with Gasteiger partial charge in [0.05, 0.1) is 12.5 Å². The summed E-state index contributed by atoms with van der Waals surface area (Å²) < 4.78 is 0. The molecule has 7 heteroatoms. The molecule has 2 rings (SSSR count). The van der Waals surface area contributed by atoms with Crippen LogP contribution in [0.25, 0.3) is 0 Å². The molecule has 7 nitrogen and oxygen atoms in total. The van der Waals surface area contributed by atoms with Crippen molar-refractivity contribution < 1.29 is 9.59 Å². The number of carbonyl (C=O) groups is 2. The molecule has 0 aromatic carbocycles. The minimum absolute atomic E-state index is 0.0302. The van der Waals surface area contributed by atoms with E-state index < -0.39 is 0 Å². The molecule has 0 radical (unpaired) electrons. The molecule has 0 spiro atoms. The van der Waals surface area contributed by atoms with E-state index in [9.17, 15) is 9.59 Å². The highest BCUT2D eigenvalue weighted by Gasteiger charge is 2.26. The normalized spacial score (nSPS) is 19.6. The summed E-state index contributed by atoms with van der Waals surface area (Å²) in [5.41, 5.74) is 0. The zero-order chi connectivity index (χ0) is 13.0. The molecule has 1 aliphatic rings. The van der Waals surface area contributed by atoms with Gasteiger partial charge in [-0.25, -0.2) is 4.98 Å². The Morgan fingerprint density at radius 2 is 2.44 bits per heavy atom. The maximum Gasteiger partial charge on any atom is 0.225 e. The minimum Gasteiger partial charge on any atom is -0.349 e. The third kappa shape index (κ3) is 3.06. The maximum atomic E-state index is 12.0. The second-order valence-corrected chi connectivity index (χ2v) is 4.45. The van der Waals surface area contributed by atoms with E-state index in [0.717, 1.165) is 19.4 Å². The minimum atomic E-state index is -0.120. The average Bonchev–Trinajstić information content (AvgIpc) is 2.89. The van der Waals surface area contributed by atoms with Crippen LogP contribution in [0.3, 0.4) is 0 Å². The number of rotatable bonds is 3. The highest BCUT2D eigenvalue weighted by Crippen LogP contribution is 2.16. The Labute approximate surface area is 105 Å². The fourth-order valence-corrected chi connectivity index (χ4v) is 2.11. The van der Waals surface area contributed by atoms with Crippen molar-refractivity contribution in [2.45, 2.75) is 26.3 Å². The number of nitrogens with zero attached hydrogens (tertiary/aromatic N) is 3. The summed E-state index contributed by atoms with van der Waals surface area (Å²) in [5.74, 6) is 0.508. The van der Waals surface area contributed by atoms with Crippen LogP contribution >= 0.6 is 0 Å². The van der Waals surface area contributed by atoms with Gasteiger partial charge in [0.15, 0.2) is 0 Å². The van der Waals surface area contributed by atoms with Gasteiger partial charge in [-0.05, 0) is 12.8 Å². The molecule has 1 aromatic heterocycles. The Kier molecular flexibility index (Phi) is 3.91. The van der Waals surface area contributed by atoms with Crippen molar-refractivity contribution in [3.63, 3.8) is 0 Å². The van der Waals surface area contributed by atoms with Crippen LogP contribution < -0.4 is 5.32 Å². The predicted octanol–water partition coefficient (Wildman–Crippen LogP) is -0.321. The summed E-state index contributed by atoms with van der Waals surface area (Å²) in [5, 5.41) is 9.19. The van der Waals surface area contributed by atoms with E-state index in [4.69, 9.17) is 0 Å². The standard InChI is InChI=1S/C11H17N5O2/c1-8(17)16-4-2-3-9(6-16)11(18)12-5-10-13-7-14-15-10/h7,9H,2-6H2,1H3,(H,12,18)(H,13,14,15). The quantitative estimate of drug-likeness (QED) is 0.770. The Bertz CT molecular complexity index is 417. The van der Waals surface area contributed by atoms with Crippen LogP contribution in [-0.4, -0.2) is 45.0 Å². The van der Waals surface area contributed by atoms with Crippen LogP contribution in [-0.2, 0) is 16.1 Å². The van der Waals surface area contributed by atoms with Crippen molar-refractivity contribution in [1.82, 2.24) is 25.4 Å². The maximum absolute atomic E-state index is 12.0. The number of amides is 2. The van der Waals surface area contributed by atoms with E-state index >= 15 is 0 Å². The largest absolute Gasteiger partial charge is 0.349 e. The molecule has 2 heterocycles. The predicted molar refractivity (Wildman–Crippen MR) is 63.2 cm³/mol. The number of nitrogens with one attached hydrogen (secondary N) is 2. The summed E-state index contributed by atoms with van der Waals surface area (Å²) in [7, 11) is 0. The first-order valence-electron chi connectivity index (χ1n) is 6.04. The molecule has 2 amide bonds. The smallest absolute Gasteiger partial charge is 0.225 e. The van der Waals surface area contributed by atoms with Crippen LogP contribution in [0.2, 0.25) is 0 Å². The van der Waals surface area contributed by atoms with Gasteiger partial charge in [-0.15, -0.1) is 0 Å². The topological polar surface area (TPSA) is 91.0 Å². The number of piperidine rings is 1. The first-order valence-corrected chi connectivity index (χ1v) is 6.04.